The minimum atomic E-state index is -3.72. The van der Waals surface area contributed by atoms with Gasteiger partial charge in [-0.2, -0.15) is 14.6 Å². The molecular weight excluding hydrogens is 266 g/mol. The van der Waals surface area contributed by atoms with E-state index in [1.54, 1.807) is 18.2 Å². The second kappa shape index (κ2) is 4.02. The number of rotatable bonds is 2. The Morgan fingerprint density at radius 1 is 1.11 bits per heavy atom. The third-order valence-electron chi connectivity index (χ3n) is 2.65. The van der Waals surface area contributed by atoms with Crippen LogP contribution in [0.2, 0.25) is 0 Å². The molecule has 1 aromatic carbocycles. The Morgan fingerprint density at radius 2 is 1.84 bits per heavy atom. The first-order valence-corrected chi connectivity index (χ1v) is 6.83. The van der Waals surface area contributed by atoms with Crippen LogP contribution >= 0.6 is 0 Å². The summed E-state index contributed by atoms with van der Waals surface area (Å²) in [6.45, 7) is 0. The van der Waals surface area contributed by atoms with Crippen LogP contribution in [0, 0.1) is 0 Å². The average Bonchev–Trinajstić information content (AvgIpc) is 2.89. The number of nitrogens with two attached hydrogens (primary N) is 1. The molecule has 0 amide bonds. The minimum absolute atomic E-state index is 0.00801. The first-order valence-electron chi connectivity index (χ1n) is 5.35. The van der Waals surface area contributed by atoms with Crippen molar-refractivity contribution in [3.63, 3.8) is 0 Å². The summed E-state index contributed by atoms with van der Waals surface area (Å²) in [7, 11) is -3.72. The maximum absolute atomic E-state index is 12.4. The van der Waals surface area contributed by atoms with Gasteiger partial charge in [-0.25, -0.2) is 13.4 Å². The van der Waals surface area contributed by atoms with Crippen LogP contribution in [0.3, 0.4) is 0 Å². The van der Waals surface area contributed by atoms with Crippen molar-refractivity contribution in [1.82, 2.24) is 19.6 Å². The maximum atomic E-state index is 12.4. The van der Waals surface area contributed by atoms with Crippen molar-refractivity contribution >= 4 is 21.4 Å². The fraction of sp³-hybridized carbons (Fsp3) is 0. The van der Waals surface area contributed by atoms with Gasteiger partial charge in [0.1, 0.15) is 17.0 Å². The van der Waals surface area contributed by atoms with E-state index in [1.165, 1.54) is 29.2 Å². The Morgan fingerprint density at radius 3 is 2.58 bits per heavy atom. The molecule has 2 aromatic heterocycles. The molecule has 0 aliphatic heterocycles. The lowest BCUT2D eigenvalue weighted by Gasteiger charge is -2.07. The van der Waals surface area contributed by atoms with Crippen LogP contribution in [0.1, 0.15) is 0 Å². The lowest BCUT2D eigenvalue weighted by Crippen LogP contribution is -2.11. The molecule has 0 unspecified atom stereocenters. The Bertz CT molecular complexity index is 842. The molecule has 0 radical (unpaired) electrons. The Balaban J connectivity index is 2.27. The highest BCUT2D eigenvalue weighted by Gasteiger charge is 2.23. The maximum Gasteiger partial charge on any atom is 0.254 e. The number of benzene rings is 1. The molecule has 0 aliphatic carbocycles. The van der Waals surface area contributed by atoms with E-state index >= 15 is 0 Å². The fourth-order valence-electron chi connectivity index (χ4n) is 1.71. The lowest BCUT2D eigenvalue weighted by molar-refractivity contribution is 0.595. The van der Waals surface area contributed by atoms with E-state index in [2.05, 4.69) is 15.1 Å². The number of hydrogen-bond acceptors (Lipinski definition) is 6. The summed E-state index contributed by atoms with van der Waals surface area (Å²) in [4.78, 5) is 7.83. The smallest absolute Gasteiger partial charge is 0.254 e. The molecule has 96 valence electrons. The van der Waals surface area contributed by atoms with Gasteiger partial charge < -0.3 is 5.73 Å². The van der Waals surface area contributed by atoms with Crippen molar-refractivity contribution in [2.45, 2.75) is 9.79 Å². The van der Waals surface area contributed by atoms with Gasteiger partial charge in [-0.05, 0) is 12.1 Å². The summed E-state index contributed by atoms with van der Waals surface area (Å²) in [5.41, 5.74) is 5.83. The van der Waals surface area contributed by atoms with Crippen molar-refractivity contribution in [3.8, 4) is 0 Å². The van der Waals surface area contributed by atoms with Crippen LogP contribution in [0.15, 0.2) is 52.6 Å². The Labute approximate surface area is 108 Å². The summed E-state index contributed by atoms with van der Waals surface area (Å²) in [6, 6.07) is 8.02. The van der Waals surface area contributed by atoms with Crippen LogP contribution in [0.4, 0.5) is 5.82 Å². The predicted octanol–water partition coefficient (Wildman–Crippen LogP) is 0.539. The van der Waals surface area contributed by atoms with Crippen molar-refractivity contribution in [2.24, 2.45) is 0 Å². The van der Waals surface area contributed by atoms with E-state index in [-0.39, 0.29) is 21.4 Å². The first kappa shape index (κ1) is 11.6. The molecule has 2 heterocycles. The van der Waals surface area contributed by atoms with E-state index in [0.717, 1.165) is 0 Å². The van der Waals surface area contributed by atoms with Crippen LogP contribution in [0.5, 0.6) is 0 Å². The minimum Gasteiger partial charge on any atom is -0.382 e. The van der Waals surface area contributed by atoms with E-state index in [9.17, 15) is 8.42 Å². The van der Waals surface area contributed by atoms with Crippen LogP contribution in [-0.2, 0) is 9.84 Å². The molecule has 3 rings (SSSR count). The quantitative estimate of drug-likeness (QED) is 0.732. The molecule has 0 fully saturated rings. The Kier molecular flexibility index (Phi) is 2.46. The summed E-state index contributed by atoms with van der Waals surface area (Å²) < 4.78 is 26.1. The fourth-order valence-corrected chi connectivity index (χ4v) is 3.04. The monoisotopic (exact) mass is 275 g/mol. The molecule has 0 spiro atoms. The Hall–Kier alpha value is -2.48. The third kappa shape index (κ3) is 1.73. The molecule has 0 saturated heterocycles. The van der Waals surface area contributed by atoms with E-state index in [4.69, 9.17) is 5.73 Å². The number of anilines is 1. The van der Waals surface area contributed by atoms with Gasteiger partial charge in [-0.1, -0.05) is 18.2 Å². The number of fused-ring (bicyclic) bond motifs is 1. The number of nitrogens with zero attached hydrogens (tertiary/aromatic N) is 4. The average molecular weight is 275 g/mol. The zero-order chi connectivity index (χ0) is 13.5. The highest BCUT2D eigenvalue weighted by molar-refractivity contribution is 7.91. The van der Waals surface area contributed by atoms with Gasteiger partial charge in [0, 0.05) is 0 Å². The number of nitrogen functional groups attached to an aromatic ring is 1. The van der Waals surface area contributed by atoms with Crippen LogP contribution < -0.4 is 5.73 Å². The van der Waals surface area contributed by atoms with Gasteiger partial charge >= 0.3 is 0 Å². The standard InChI is InChI=1S/C11H9N5O2S/c12-10-9(6-13-11-14-7-15-16(10)11)19(17,18)8-4-2-1-3-5-8/h1-7H,12H2. The summed E-state index contributed by atoms with van der Waals surface area (Å²) in [5.74, 6) is 0.246. The van der Waals surface area contributed by atoms with Crippen molar-refractivity contribution in [2.75, 3.05) is 5.73 Å². The molecule has 0 saturated carbocycles. The second-order valence-electron chi connectivity index (χ2n) is 3.80. The number of sulfone groups is 1. The van der Waals surface area contributed by atoms with Gasteiger partial charge in [-0.15, -0.1) is 0 Å². The largest absolute Gasteiger partial charge is 0.382 e. The zero-order valence-corrected chi connectivity index (χ0v) is 10.4. The number of aromatic nitrogens is 4. The highest BCUT2D eigenvalue weighted by Crippen LogP contribution is 2.24. The molecule has 7 nitrogen and oxygen atoms in total. The predicted molar refractivity (Wildman–Crippen MR) is 67.1 cm³/mol. The van der Waals surface area contributed by atoms with Gasteiger partial charge in [0.05, 0.1) is 11.1 Å². The topological polar surface area (TPSA) is 103 Å². The highest BCUT2D eigenvalue weighted by atomic mass is 32.2. The molecule has 0 bridgehead atoms. The molecule has 19 heavy (non-hydrogen) atoms. The van der Waals surface area contributed by atoms with Crippen LogP contribution in [-0.4, -0.2) is 28.0 Å². The first-order chi connectivity index (χ1) is 9.10. The second-order valence-corrected chi connectivity index (χ2v) is 5.71. The molecular formula is C11H9N5O2S. The van der Waals surface area contributed by atoms with Crippen LogP contribution in [0.25, 0.3) is 5.78 Å². The molecule has 2 N–H and O–H groups in total. The zero-order valence-electron chi connectivity index (χ0n) is 9.63. The van der Waals surface area contributed by atoms with Crippen molar-refractivity contribution < 1.29 is 8.42 Å². The van der Waals surface area contributed by atoms with Gasteiger partial charge in [0.25, 0.3) is 5.78 Å². The lowest BCUT2D eigenvalue weighted by atomic mass is 10.4. The summed E-state index contributed by atoms with van der Waals surface area (Å²) >= 11 is 0. The summed E-state index contributed by atoms with van der Waals surface area (Å²) in [5, 5.41) is 3.84. The normalized spacial score (nSPS) is 11.8. The van der Waals surface area contributed by atoms with Crippen molar-refractivity contribution in [3.05, 3.63) is 42.9 Å². The molecule has 8 heteroatoms. The summed E-state index contributed by atoms with van der Waals surface area (Å²) in [6.07, 6.45) is 2.46. The van der Waals surface area contributed by atoms with Gasteiger partial charge in [0.15, 0.2) is 0 Å². The molecule has 0 aliphatic rings. The third-order valence-corrected chi connectivity index (χ3v) is 4.44. The van der Waals surface area contributed by atoms with Gasteiger partial charge in [0.2, 0.25) is 9.84 Å². The van der Waals surface area contributed by atoms with Crippen molar-refractivity contribution in [1.29, 1.82) is 0 Å². The van der Waals surface area contributed by atoms with E-state index in [1.807, 2.05) is 0 Å². The van der Waals surface area contributed by atoms with E-state index in [0.29, 0.717) is 0 Å². The SMILES string of the molecule is Nc1c(S(=O)(=O)c2ccccc2)cnc2ncnn12. The number of hydrogen-bond donors (Lipinski definition) is 1. The molecule has 3 aromatic rings. The van der Waals surface area contributed by atoms with E-state index < -0.39 is 9.84 Å². The molecule has 0 atom stereocenters. The van der Waals surface area contributed by atoms with Gasteiger partial charge in [-0.3, -0.25) is 0 Å².